The van der Waals surface area contributed by atoms with E-state index in [2.05, 4.69) is 86.7 Å². The third kappa shape index (κ3) is 2.37. The fourth-order valence-corrected chi connectivity index (χ4v) is 2.55. The molecule has 0 N–H and O–H groups in total. The lowest BCUT2D eigenvalue weighted by Crippen LogP contribution is -1.84. The van der Waals surface area contributed by atoms with Crippen LogP contribution in [0.15, 0.2) is 66.7 Å². The molecule has 3 aromatic rings. The summed E-state index contributed by atoms with van der Waals surface area (Å²) in [6.07, 6.45) is 4.26. The van der Waals surface area contributed by atoms with E-state index in [9.17, 15) is 0 Å². The molecule has 0 aliphatic rings. The number of fused-ring (bicyclic) bond motifs is 1. The fraction of sp³-hybridized carbons (Fsp3) is 0.100. The van der Waals surface area contributed by atoms with Crippen LogP contribution in [0.5, 0.6) is 0 Å². The van der Waals surface area contributed by atoms with E-state index in [1.54, 1.807) is 0 Å². The quantitative estimate of drug-likeness (QED) is 0.541. The lowest BCUT2D eigenvalue weighted by molar-refractivity contribution is 1.44. The summed E-state index contributed by atoms with van der Waals surface area (Å²) in [6, 6.07) is 21.8. The number of rotatable bonds is 2. The highest BCUT2D eigenvalue weighted by molar-refractivity contribution is 5.87. The van der Waals surface area contributed by atoms with Crippen LogP contribution in [0.2, 0.25) is 0 Å². The van der Waals surface area contributed by atoms with E-state index < -0.39 is 0 Å². The summed E-state index contributed by atoms with van der Waals surface area (Å²) in [4.78, 5) is 0. The van der Waals surface area contributed by atoms with E-state index in [4.69, 9.17) is 0 Å². The number of allylic oxidation sites excluding steroid dienone is 1. The summed E-state index contributed by atoms with van der Waals surface area (Å²) >= 11 is 0. The number of hydrogen-bond acceptors (Lipinski definition) is 0. The summed E-state index contributed by atoms with van der Waals surface area (Å²) < 4.78 is 0. The molecule has 0 aliphatic heterocycles. The van der Waals surface area contributed by atoms with Gasteiger partial charge in [0.15, 0.2) is 0 Å². The molecule has 20 heavy (non-hydrogen) atoms. The van der Waals surface area contributed by atoms with Gasteiger partial charge in [-0.25, -0.2) is 0 Å². The number of aryl methyl sites for hydroxylation is 1. The van der Waals surface area contributed by atoms with Crippen LogP contribution in [0, 0.1) is 6.92 Å². The van der Waals surface area contributed by atoms with Crippen LogP contribution in [0.3, 0.4) is 0 Å². The smallest absolute Gasteiger partial charge is 0.0177 e. The molecule has 0 aliphatic carbocycles. The Labute approximate surface area is 120 Å². The van der Waals surface area contributed by atoms with Crippen LogP contribution >= 0.6 is 0 Å². The standard InChI is InChI=1S/C20H18/c1-3-6-17-13-19(10-9-15(17)2)20-12-11-16-7-4-5-8-18(16)14-20/h3-14H,1-2H3/b6-3-. The summed E-state index contributed by atoms with van der Waals surface area (Å²) in [7, 11) is 0. The summed E-state index contributed by atoms with van der Waals surface area (Å²) in [5.74, 6) is 0. The highest BCUT2D eigenvalue weighted by Gasteiger charge is 2.02. The second kappa shape index (κ2) is 5.34. The van der Waals surface area contributed by atoms with Crippen LogP contribution in [0.1, 0.15) is 18.1 Å². The van der Waals surface area contributed by atoms with Gasteiger partial charge >= 0.3 is 0 Å². The molecule has 0 nitrogen and oxygen atoms in total. The van der Waals surface area contributed by atoms with E-state index in [1.165, 1.54) is 33.0 Å². The lowest BCUT2D eigenvalue weighted by Gasteiger charge is -2.07. The van der Waals surface area contributed by atoms with Gasteiger partial charge in [0.1, 0.15) is 0 Å². The first-order valence-corrected chi connectivity index (χ1v) is 7.00. The van der Waals surface area contributed by atoms with E-state index in [0.717, 1.165) is 0 Å². The third-order valence-corrected chi connectivity index (χ3v) is 3.71. The van der Waals surface area contributed by atoms with Crippen molar-refractivity contribution in [1.29, 1.82) is 0 Å². The maximum absolute atomic E-state index is 2.26. The Morgan fingerprint density at radius 2 is 1.45 bits per heavy atom. The third-order valence-electron chi connectivity index (χ3n) is 3.71. The molecule has 0 saturated carbocycles. The molecule has 0 atom stereocenters. The first-order valence-electron chi connectivity index (χ1n) is 7.00. The minimum absolute atomic E-state index is 1.27. The topological polar surface area (TPSA) is 0 Å². The van der Waals surface area contributed by atoms with Gasteiger partial charge in [0.25, 0.3) is 0 Å². The van der Waals surface area contributed by atoms with Gasteiger partial charge in [-0.2, -0.15) is 0 Å². The molecule has 0 heterocycles. The molecule has 0 spiro atoms. The minimum Gasteiger partial charge on any atom is -0.0871 e. The molecular formula is C20H18. The Balaban J connectivity index is 2.12. The van der Waals surface area contributed by atoms with Gasteiger partial charge in [-0.3, -0.25) is 0 Å². The molecule has 0 amide bonds. The Morgan fingerprint density at radius 1 is 0.750 bits per heavy atom. The van der Waals surface area contributed by atoms with Gasteiger partial charge in [-0.1, -0.05) is 60.7 Å². The van der Waals surface area contributed by atoms with Crippen molar-refractivity contribution in [3.05, 3.63) is 77.9 Å². The molecule has 0 bridgehead atoms. The Kier molecular flexibility index (Phi) is 3.39. The van der Waals surface area contributed by atoms with Crippen LogP contribution in [0.4, 0.5) is 0 Å². The molecule has 0 aromatic heterocycles. The average molecular weight is 258 g/mol. The van der Waals surface area contributed by atoms with Gasteiger partial charge in [0, 0.05) is 0 Å². The lowest BCUT2D eigenvalue weighted by atomic mass is 9.97. The maximum Gasteiger partial charge on any atom is -0.0177 e. The second-order valence-electron chi connectivity index (χ2n) is 5.13. The SMILES string of the molecule is C/C=C\c1cc(-c2ccc3ccccc3c2)ccc1C. The largest absolute Gasteiger partial charge is 0.0871 e. The predicted octanol–water partition coefficient (Wildman–Crippen LogP) is 5.85. The highest BCUT2D eigenvalue weighted by atomic mass is 14.1. The van der Waals surface area contributed by atoms with Gasteiger partial charge in [0.05, 0.1) is 0 Å². The predicted molar refractivity (Wildman–Crippen MR) is 88.8 cm³/mol. The average Bonchev–Trinajstić information content (AvgIpc) is 2.49. The van der Waals surface area contributed by atoms with Crippen LogP contribution in [-0.4, -0.2) is 0 Å². The van der Waals surface area contributed by atoms with Crippen LogP contribution < -0.4 is 0 Å². The normalized spacial score (nSPS) is 11.3. The minimum atomic E-state index is 1.27. The molecule has 0 radical (unpaired) electrons. The van der Waals surface area contributed by atoms with Crippen molar-refractivity contribution >= 4 is 16.8 Å². The highest BCUT2D eigenvalue weighted by Crippen LogP contribution is 2.26. The zero-order valence-electron chi connectivity index (χ0n) is 11.9. The Hall–Kier alpha value is -2.34. The van der Waals surface area contributed by atoms with Crippen molar-refractivity contribution in [1.82, 2.24) is 0 Å². The first kappa shape index (κ1) is 12.7. The van der Waals surface area contributed by atoms with Crippen molar-refractivity contribution in [2.75, 3.05) is 0 Å². The summed E-state index contributed by atoms with van der Waals surface area (Å²) in [5.41, 5.74) is 5.15. The zero-order chi connectivity index (χ0) is 13.9. The Morgan fingerprint density at radius 3 is 2.25 bits per heavy atom. The van der Waals surface area contributed by atoms with Gasteiger partial charge < -0.3 is 0 Å². The molecule has 98 valence electrons. The number of benzene rings is 3. The molecule has 0 unspecified atom stereocenters. The van der Waals surface area contributed by atoms with Crippen molar-refractivity contribution in [3.63, 3.8) is 0 Å². The summed E-state index contributed by atoms with van der Waals surface area (Å²) in [5, 5.41) is 2.58. The van der Waals surface area contributed by atoms with Crippen molar-refractivity contribution < 1.29 is 0 Å². The number of hydrogen-bond donors (Lipinski definition) is 0. The van der Waals surface area contributed by atoms with E-state index in [0.29, 0.717) is 0 Å². The van der Waals surface area contributed by atoms with E-state index >= 15 is 0 Å². The van der Waals surface area contributed by atoms with E-state index in [1.807, 2.05) is 0 Å². The molecule has 3 rings (SSSR count). The van der Waals surface area contributed by atoms with Crippen molar-refractivity contribution in [3.8, 4) is 11.1 Å². The van der Waals surface area contributed by atoms with E-state index in [-0.39, 0.29) is 0 Å². The molecule has 0 heteroatoms. The van der Waals surface area contributed by atoms with Gasteiger partial charge in [-0.05, 0) is 59.0 Å². The zero-order valence-corrected chi connectivity index (χ0v) is 11.9. The van der Waals surface area contributed by atoms with Crippen LogP contribution in [0.25, 0.3) is 28.0 Å². The molecule has 0 fully saturated rings. The monoisotopic (exact) mass is 258 g/mol. The maximum atomic E-state index is 2.26. The molecule has 3 aromatic carbocycles. The fourth-order valence-electron chi connectivity index (χ4n) is 2.55. The molecule has 0 saturated heterocycles. The molecular weight excluding hydrogens is 240 g/mol. The van der Waals surface area contributed by atoms with Crippen LogP contribution in [-0.2, 0) is 0 Å². The van der Waals surface area contributed by atoms with Gasteiger partial charge in [0.2, 0.25) is 0 Å². The summed E-state index contributed by atoms with van der Waals surface area (Å²) in [6.45, 7) is 4.21. The van der Waals surface area contributed by atoms with Crippen molar-refractivity contribution in [2.24, 2.45) is 0 Å². The van der Waals surface area contributed by atoms with Crippen molar-refractivity contribution in [2.45, 2.75) is 13.8 Å². The second-order valence-corrected chi connectivity index (χ2v) is 5.13. The Bertz CT molecular complexity index is 779. The van der Waals surface area contributed by atoms with Gasteiger partial charge in [-0.15, -0.1) is 0 Å². The first-order chi connectivity index (χ1) is 9.78.